The SMILES string of the molecule is COc1ccc(C)cc1S(=O)(=O)NC(=S)Nc1ccccc1. The third kappa shape index (κ3) is 3.96. The first kappa shape index (κ1) is 16.3. The first-order valence-corrected chi connectivity index (χ1v) is 8.35. The molecule has 0 spiro atoms. The van der Waals surface area contributed by atoms with E-state index in [1.807, 2.05) is 18.2 Å². The molecular weight excluding hydrogens is 320 g/mol. The normalized spacial score (nSPS) is 10.8. The summed E-state index contributed by atoms with van der Waals surface area (Å²) in [6.07, 6.45) is 0. The lowest BCUT2D eigenvalue weighted by molar-refractivity contribution is 0.402. The molecule has 0 aliphatic heterocycles. The molecule has 0 atom stereocenters. The van der Waals surface area contributed by atoms with Crippen molar-refractivity contribution in [2.75, 3.05) is 12.4 Å². The molecule has 5 nitrogen and oxygen atoms in total. The highest BCUT2D eigenvalue weighted by Crippen LogP contribution is 2.24. The van der Waals surface area contributed by atoms with E-state index in [4.69, 9.17) is 17.0 Å². The molecule has 0 unspecified atom stereocenters. The van der Waals surface area contributed by atoms with Gasteiger partial charge < -0.3 is 10.1 Å². The highest BCUT2D eigenvalue weighted by Gasteiger charge is 2.20. The molecule has 0 saturated carbocycles. The van der Waals surface area contributed by atoms with Crippen molar-refractivity contribution in [2.45, 2.75) is 11.8 Å². The smallest absolute Gasteiger partial charge is 0.267 e. The zero-order chi connectivity index (χ0) is 16.2. The van der Waals surface area contributed by atoms with Gasteiger partial charge in [0.2, 0.25) is 0 Å². The summed E-state index contributed by atoms with van der Waals surface area (Å²) in [6, 6.07) is 14.0. The molecule has 116 valence electrons. The van der Waals surface area contributed by atoms with Crippen LogP contribution in [0.5, 0.6) is 5.75 Å². The average Bonchev–Trinajstić information content (AvgIpc) is 2.47. The van der Waals surface area contributed by atoms with Crippen molar-refractivity contribution in [3.05, 3.63) is 54.1 Å². The maximum Gasteiger partial charge on any atom is 0.267 e. The molecule has 0 aliphatic rings. The Balaban J connectivity index is 2.21. The number of sulfonamides is 1. The van der Waals surface area contributed by atoms with Crippen LogP contribution in [0.1, 0.15) is 5.56 Å². The van der Waals surface area contributed by atoms with Crippen molar-refractivity contribution in [2.24, 2.45) is 0 Å². The number of rotatable bonds is 4. The Morgan fingerprint density at radius 2 is 1.82 bits per heavy atom. The van der Waals surface area contributed by atoms with Crippen LogP contribution in [0, 0.1) is 6.92 Å². The number of hydrogen-bond acceptors (Lipinski definition) is 4. The van der Waals surface area contributed by atoms with E-state index in [1.54, 1.807) is 31.2 Å². The van der Waals surface area contributed by atoms with E-state index in [0.717, 1.165) is 5.56 Å². The zero-order valence-electron chi connectivity index (χ0n) is 12.2. The minimum absolute atomic E-state index is 0.00485. The van der Waals surface area contributed by atoms with Gasteiger partial charge in [0.25, 0.3) is 10.0 Å². The fourth-order valence-corrected chi connectivity index (χ4v) is 3.46. The lowest BCUT2D eigenvalue weighted by Gasteiger charge is -2.13. The Hall–Kier alpha value is -2.12. The average molecular weight is 336 g/mol. The van der Waals surface area contributed by atoms with E-state index in [9.17, 15) is 8.42 Å². The summed E-state index contributed by atoms with van der Waals surface area (Å²) in [4.78, 5) is 0.0483. The predicted octanol–water partition coefficient (Wildman–Crippen LogP) is 2.68. The van der Waals surface area contributed by atoms with Gasteiger partial charge in [-0.15, -0.1) is 0 Å². The largest absolute Gasteiger partial charge is 0.495 e. The Bertz CT molecular complexity index is 775. The summed E-state index contributed by atoms with van der Waals surface area (Å²) in [5.74, 6) is 0.264. The van der Waals surface area contributed by atoms with E-state index in [1.165, 1.54) is 13.2 Å². The van der Waals surface area contributed by atoms with Crippen LogP contribution in [-0.2, 0) is 10.0 Å². The first-order valence-electron chi connectivity index (χ1n) is 6.46. The summed E-state index contributed by atoms with van der Waals surface area (Å²) in [5.41, 5.74) is 1.51. The van der Waals surface area contributed by atoms with Crippen LogP contribution in [0.2, 0.25) is 0 Å². The molecular formula is C15H16N2O3S2. The van der Waals surface area contributed by atoms with E-state index in [0.29, 0.717) is 5.69 Å². The lowest BCUT2D eigenvalue weighted by Crippen LogP contribution is -2.34. The summed E-state index contributed by atoms with van der Waals surface area (Å²) in [7, 11) is -2.40. The van der Waals surface area contributed by atoms with E-state index in [2.05, 4.69) is 10.0 Å². The van der Waals surface area contributed by atoms with Gasteiger partial charge in [0.15, 0.2) is 5.11 Å². The molecule has 0 radical (unpaired) electrons. The predicted molar refractivity (Wildman–Crippen MR) is 90.7 cm³/mol. The molecule has 0 fully saturated rings. The second kappa shape index (κ2) is 6.76. The van der Waals surface area contributed by atoms with Crippen LogP contribution < -0.4 is 14.8 Å². The molecule has 0 aromatic heterocycles. The Morgan fingerprint density at radius 3 is 2.45 bits per heavy atom. The van der Waals surface area contributed by atoms with Gasteiger partial charge in [-0.25, -0.2) is 8.42 Å². The molecule has 7 heteroatoms. The molecule has 2 aromatic carbocycles. The monoisotopic (exact) mass is 336 g/mol. The van der Waals surface area contributed by atoms with Gasteiger partial charge in [0.05, 0.1) is 7.11 Å². The maximum absolute atomic E-state index is 12.4. The topological polar surface area (TPSA) is 67.4 Å². The fourth-order valence-electron chi connectivity index (χ4n) is 1.85. The maximum atomic E-state index is 12.4. The summed E-state index contributed by atoms with van der Waals surface area (Å²) in [6.45, 7) is 1.80. The molecule has 2 aromatic rings. The van der Waals surface area contributed by atoms with Crippen molar-refractivity contribution in [1.82, 2.24) is 4.72 Å². The zero-order valence-corrected chi connectivity index (χ0v) is 13.8. The first-order chi connectivity index (χ1) is 10.4. The second-order valence-electron chi connectivity index (χ2n) is 4.58. The molecule has 2 N–H and O–H groups in total. The van der Waals surface area contributed by atoms with Crippen molar-refractivity contribution in [1.29, 1.82) is 0 Å². The number of ether oxygens (including phenoxy) is 1. The molecule has 22 heavy (non-hydrogen) atoms. The summed E-state index contributed by atoms with van der Waals surface area (Å²) >= 11 is 5.05. The molecule has 0 bridgehead atoms. The fraction of sp³-hybridized carbons (Fsp3) is 0.133. The molecule has 0 amide bonds. The molecule has 2 rings (SSSR count). The van der Waals surface area contributed by atoms with Gasteiger partial charge in [0, 0.05) is 5.69 Å². The number of hydrogen-bond donors (Lipinski definition) is 2. The van der Waals surface area contributed by atoms with Gasteiger partial charge in [-0.1, -0.05) is 24.3 Å². The minimum Gasteiger partial charge on any atom is -0.495 e. The van der Waals surface area contributed by atoms with Gasteiger partial charge in [-0.05, 0) is 49.0 Å². The van der Waals surface area contributed by atoms with Crippen LogP contribution in [0.15, 0.2) is 53.4 Å². The standard InChI is InChI=1S/C15H16N2O3S2/c1-11-8-9-13(20-2)14(10-11)22(18,19)17-15(21)16-12-6-4-3-5-7-12/h3-10H,1-2H3,(H2,16,17,21). The van der Waals surface area contributed by atoms with Crippen molar-refractivity contribution < 1.29 is 13.2 Å². The molecule has 0 aliphatic carbocycles. The Morgan fingerprint density at radius 1 is 1.14 bits per heavy atom. The van der Waals surface area contributed by atoms with Gasteiger partial charge in [0.1, 0.15) is 10.6 Å². The lowest BCUT2D eigenvalue weighted by atomic mass is 10.2. The van der Waals surface area contributed by atoms with E-state index in [-0.39, 0.29) is 15.8 Å². The number of para-hydroxylation sites is 1. The number of aryl methyl sites for hydroxylation is 1. The molecule has 0 saturated heterocycles. The minimum atomic E-state index is -3.82. The van der Waals surface area contributed by atoms with E-state index < -0.39 is 10.0 Å². The van der Waals surface area contributed by atoms with Crippen LogP contribution >= 0.6 is 12.2 Å². The van der Waals surface area contributed by atoms with Crippen molar-refractivity contribution >= 4 is 33.0 Å². The third-order valence-corrected chi connectivity index (χ3v) is 4.57. The van der Waals surface area contributed by atoms with Gasteiger partial charge in [-0.2, -0.15) is 0 Å². The summed E-state index contributed by atoms with van der Waals surface area (Å²) in [5, 5.41) is 2.82. The third-order valence-electron chi connectivity index (χ3n) is 2.87. The van der Waals surface area contributed by atoms with Crippen molar-refractivity contribution in [3.63, 3.8) is 0 Å². The van der Waals surface area contributed by atoms with Crippen molar-refractivity contribution in [3.8, 4) is 5.75 Å². The van der Waals surface area contributed by atoms with Crippen LogP contribution in [-0.4, -0.2) is 20.6 Å². The van der Waals surface area contributed by atoms with Gasteiger partial charge in [-0.3, -0.25) is 4.72 Å². The number of methoxy groups -OCH3 is 1. The Kier molecular flexibility index (Phi) is 4.99. The Labute approximate surface area is 135 Å². The van der Waals surface area contributed by atoms with Gasteiger partial charge >= 0.3 is 0 Å². The summed E-state index contributed by atoms with van der Waals surface area (Å²) < 4.78 is 32.3. The quantitative estimate of drug-likeness (QED) is 0.840. The molecule has 0 heterocycles. The highest BCUT2D eigenvalue weighted by molar-refractivity contribution is 7.92. The van der Waals surface area contributed by atoms with Crippen LogP contribution in [0.3, 0.4) is 0 Å². The van der Waals surface area contributed by atoms with E-state index >= 15 is 0 Å². The highest BCUT2D eigenvalue weighted by atomic mass is 32.2. The van der Waals surface area contributed by atoms with Crippen LogP contribution in [0.25, 0.3) is 0 Å². The number of benzene rings is 2. The number of anilines is 1. The second-order valence-corrected chi connectivity index (χ2v) is 6.64. The number of thiocarbonyl (C=S) groups is 1. The van der Waals surface area contributed by atoms with Crippen LogP contribution in [0.4, 0.5) is 5.69 Å². The number of nitrogens with one attached hydrogen (secondary N) is 2.